The van der Waals surface area contributed by atoms with Gasteiger partial charge in [0.1, 0.15) is 11.4 Å². The lowest BCUT2D eigenvalue weighted by Gasteiger charge is -2.13. The van der Waals surface area contributed by atoms with Crippen molar-refractivity contribution in [2.24, 2.45) is 0 Å². The minimum absolute atomic E-state index is 0.701. The van der Waals surface area contributed by atoms with Crippen LogP contribution in [0.25, 0.3) is 220 Å². The van der Waals surface area contributed by atoms with Crippen molar-refractivity contribution in [1.29, 1.82) is 0 Å². The van der Waals surface area contributed by atoms with Gasteiger partial charge in [-0.25, -0.2) is 15.0 Å². The SMILES string of the molecule is c1ccc(-c2cc(-n3c4ccccc4c4cc5c(cc43)c3ccccc3n5-c3cccc4c3sc3ccccc34)nc(-c3ccccc3)n2)cc1.c1ccc(-c2cccc(-c3cc(-c4ccccc4)cc(-c4cccc(-n5c6ccccc6c6cc7c(cc65)c5ccccc5n7-c5cccc6c5oc5ccccc56)c4)n3)c2)cc1. The summed E-state index contributed by atoms with van der Waals surface area (Å²) in [5.41, 5.74) is 25.8. The average Bonchev–Trinajstić information content (AvgIpc) is 1.55. The molecule has 532 valence electrons. The third kappa shape index (κ3) is 10.5. The van der Waals surface area contributed by atoms with Gasteiger partial charge in [0.05, 0.1) is 77.3 Å². The first-order chi connectivity index (χ1) is 56.5. The van der Waals surface area contributed by atoms with Crippen LogP contribution in [0.1, 0.15) is 0 Å². The first-order valence-corrected chi connectivity index (χ1v) is 39.4. The molecular weight excluding hydrogens is 1410 g/mol. The summed E-state index contributed by atoms with van der Waals surface area (Å²) in [4.78, 5) is 15.8. The second-order valence-corrected chi connectivity index (χ2v) is 30.4. The summed E-state index contributed by atoms with van der Waals surface area (Å²) in [5, 5.41) is 14.4. The molecule has 24 rings (SSSR count). The molecule has 0 saturated heterocycles. The topological polar surface area (TPSA) is 71.5 Å². The summed E-state index contributed by atoms with van der Waals surface area (Å²) in [6.45, 7) is 0. The number of nitrogens with zero attached hydrogens (tertiary/aromatic N) is 7. The first-order valence-electron chi connectivity index (χ1n) is 38.6. The fourth-order valence-corrected chi connectivity index (χ4v) is 18.9. The van der Waals surface area contributed by atoms with Gasteiger partial charge in [-0.15, -0.1) is 11.3 Å². The highest BCUT2D eigenvalue weighted by atomic mass is 32.1. The van der Waals surface area contributed by atoms with Crippen LogP contribution in [0.4, 0.5) is 0 Å². The van der Waals surface area contributed by atoms with E-state index in [1.807, 2.05) is 41.7 Å². The van der Waals surface area contributed by atoms with Crippen LogP contribution in [-0.4, -0.2) is 33.2 Å². The van der Waals surface area contributed by atoms with E-state index in [1.165, 1.54) is 91.1 Å². The Bertz CT molecular complexity index is 7920. The lowest BCUT2D eigenvalue weighted by molar-refractivity contribution is 0.666. The lowest BCUT2D eigenvalue weighted by Crippen LogP contribution is -2.02. The smallest absolute Gasteiger partial charge is 0.162 e. The maximum atomic E-state index is 6.63. The molecule has 0 bridgehead atoms. The van der Waals surface area contributed by atoms with Crippen molar-refractivity contribution in [3.05, 3.63) is 394 Å². The Labute approximate surface area is 658 Å². The van der Waals surface area contributed by atoms with Gasteiger partial charge in [0.25, 0.3) is 0 Å². The molecule has 8 heterocycles. The second-order valence-electron chi connectivity index (χ2n) is 29.3. The Hall–Kier alpha value is -15.0. The minimum Gasteiger partial charge on any atom is -0.454 e. The van der Waals surface area contributed by atoms with Crippen molar-refractivity contribution < 1.29 is 4.42 Å². The standard InChI is InChI=1S/C59H37N3O.C46H28N4S/c1-3-16-38(17-4-1)40-20-13-21-41(32-40)51-34-43(39-18-5-2-6-19-39)35-52(60-51)42-22-14-23-44(33-42)61-53-28-10-7-24-45(53)49-37-57-50(36-56(49)61)46-25-8-11-29-54(46)62(57)55-30-15-27-48-47-26-9-12-31-58(47)63-59(48)55;1-3-14-29(15-4-1)37-28-44(48-46(47-37)30-16-5-2-6-17-30)50-39-23-11-8-19-32(39)36-26-41-35(27-42(36)50)31-18-7-10-22-38(31)49(41)40-24-13-21-34-33-20-9-12-25-43(33)51-45(34)40/h1-37H;1-28H. The molecule has 8 nitrogen and oxygen atoms in total. The number of fused-ring (bicyclic) bond motifs is 18. The number of para-hydroxylation sites is 6. The maximum Gasteiger partial charge on any atom is 0.162 e. The molecule has 0 unspecified atom stereocenters. The summed E-state index contributed by atoms with van der Waals surface area (Å²) >= 11 is 1.87. The number of hydrogen-bond acceptors (Lipinski definition) is 5. The Morgan fingerprint density at radius 2 is 0.632 bits per heavy atom. The highest BCUT2D eigenvalue weighted by molar-refractivity contribution is 7.26. The molecular formula is C105H65N7OS. The van der Waals surface area contributed by atoms with Gasteiger partial charge in [-0.1, -0.05) is 285 Å². The van der Waals surface area contributed by atoms with E-state index in [1.54, 1.807) is 0 Å². The minimum atomic E-state index is 0.701. The number of benzene rings is 16. The fraction of sp³-hybridized carbons (Fsp3) is 0. The van der Waals surface area contributed by atoms with Gasteiger partial charge < -0.3 is 18.1 Å². The summed E-state index contributed by atoms with van der Waals surface area (Å²) in [7, 11) is 0. The van der Waals surface area contributed by atoms with E-state index >= 15 is 0 Å². The molecule has 16 aromatic carbocycles. The van der Waals surface area contributed by atoms with Crippen LogP contribution in [0, 0.1) is 0 Å². The molecule has 0 amide bonds. The summed E-state index contributed by atoms with van der Waals surface area (Å²) in [6.07, 6.45) is 0. The highest BCUT2D eigenvalue weighted by Crippen LogP contribution is 2.47. The number of hydrogen-bond donors (Lipinski definition) is 0. The largest absolute Gasteiger partial charge is 0.454 e. The number of rotatable bonds is 10. The third-order valence-electron chi connectivity index (χ3n) is 22.8. The molecule has 0 aliphatic heterocycles. The van der Waals surface area contributed by atoms with Crippen molar-refractivity contribution in [2.75, 3.05) is 0 Å². The van der Waals surface area contributed by atoms with Crippen LogP contribution in [-0.2, 0) is 0 Å². The molecule has 114 heavy (non-hydrogen) atoms. The van der Waals surface area contributed by atoms with Gasteiger partial charge >= 0.3 is 0 Å². The van der Waals surface area contributed by atoms with E-state index < -0.39 is 0 Å². The van der Waals surface area contributed by atoms with Crippen LogP contribution in [0.5, 0.6) is 0 Å². The number of thiophene rings is 1. The van der Waals surface area contributed by atoms with E-state index in [2.05, 4.69) is 382 Å². The number of furan rings is 1. The van der Waals surface area contributed by atoms with Crippen molar-refractivity contribution in [2.45, 2.75) is 0 Å². The van der Waals surface area contributed by atoms with Gasteiger partial charge in [0, 0.05) is 103 Å². The molecule has 0 radical (unpaired) electrons. The number of aromatic nitrogens is 7. The van der Waals surface area contributed by atoms with Gasteiger partial charge in [-0.2, -0.15) is 0 Å². The Balaban J connectivity index is 0.000000138. The molecule has 9 heteroatoms. The zero-order valence-corrected chi connectivity index (χ0v) is 62.3. The second kappa shape index (κ2) is 26.4. The third-order valence-corrected chi connectivity index (χ3v) is 24.0. The zero-order valence-electron chi connectivity index (χ0n) is 61.5. The molecule has 0 N–H and O–H groups in total. The molecule has 8 aromatic heterocycles. The normalized spacial score (nSPS) is 11.9. The maximum absolute atomic E-state index is 6.63. The first kappa shape index (κ1) is 64.9. The number of pyridine rings is 1. The Kier molecular flexibility index (Phi) is 15.0. The van der Waals surface area contributed by atoms with Crippen molar-refractivity contribution >= 4 is 141 Å². The molecule has 0 aliphatic carbocycles. The van der Waals surface area contributed by atoms with Crippen LogP contribution >= 0.6 is 11.3 Å². The predicted molar refractivity (Wildman–Crippen MR) is 476 cm³/mol. The van der Waals surface area contributed by atoms with Gasteiger partial charge in [-0.3, -0.25) is 4.57 Å². The molecule has 0 spiro atoms. The monoisotopic (exact) mass is 1470 g/mol. The van der Waals surface area contributed by atoms with E-state index in [0.29, 0.717) is 5.82 Å². The predicted octanol–water partition coefficient (Wildman–Crippen LogP) is 28.2. The molecule has 0 atom stereocenters. The Morgan fingerprint density at radius 3 is 1.25 bits per heavy atom. The molecule has 0 saturated carbocycles. The van der Waals surface area contributed by atoms with E-state index in [0.717, 1.165) is 123 Å². The fourth-order valence-electron chi connectivity index (χ4n) is 17.7. The van der Waals surface area contributed by atoms with Crippen LogP contribution in [0.3, 0.4) is 0 Å². The van der Waals surface area contributed by atoms with Gasteiger partial charge in [0.15, 0.2) is 11.4 Å². The van der Waals surface area contributed by atoms with Crippen LogP contribution in [0.2, 0.25) is 0 Å². The zero-order chi connectivity index (χ0) is 74.9. The summed E-state index contributed by atoms with van der Waals surface area (Å²) in [6, 6.07) is 141. The van der Waals surface area contributed by atoms with E-state index in [4.69, 9.17) is 19.4 Å². The lowest BCUT2D eigenvalue weighted by atomic mass is 9.98. The summed E-state index contributed by atoms with van der Waals surface area (Å²) in [5.74, 6) is 1.54. The van der Waals surface area contributed by atoms with Crippen LogP contribution < -0.4 is 0 Å². The quantitative estimate of drug-likeness (QED) is 0.137. The van der Waals surface area contributed by atoms with E-state index in [-0.39, 0.29) is 0 Å². The van der Waals surface area contributed by atoms with Crippen molar-refractivity contribution in [1.82, 2.24) is 33.2 Å². The van der Waals surface area contributed by atoms with Crippen molar-refractivity contribution in [3.8, 4) is 90.3 Å². The molecule has 0 aliphatic rings. The van der Waals surface area contributed by atoms with E-state index in [9.17, 15) is 0 Å². The molecule has 0 fully saturated rings. The van der Waals surface area contributed by atoms with Gasteiger partial charge in [0.2, 0.25) is 0 Å². The van der Waals surface area contributed by atoms with Crippen molar-refractivity contribution in [3.63, 3.8) is 0 Å². The highest BCUT2D eigenvalue weighted by Gasteiger charge is 2.25. The van der Waals surface area contributed by atoms with Gasteiger partial charge in [-0.05, 0) is 125 Å². The average molecular weight is 1470 g/mol. The molecule has 24 aromatic rings. The summed E-state index contributed by atoms with van der Waals surface area (Å²) < 4.78 is 18.8. The Morgan fingerprint density at radius 1 is 0.219 bits per heavy atom. The van der Waals surface area contributed by atoms with Crippen LogP contribution in [0.15, 0.2) is 399 Å².